The first-order valence-electron chi connectivity index (χ1n) is 6.86. The number of fused-ring (bicyclic) bond motifs is 1. The molecule has 112 valence electrons. The van der Waals surface area contributed by atoms with Gasteiger partial charge in [-0.15, -0.1) is 11.3 Å². The summed E-state index contributed by atoms with van der Waals surface area (Å²) in [5.74, 6) is 0. The minimum absolute atomic E-state index is 0.0352. The third-order valence-corrected chi connectivity index (χ3v) is 5.71. The number of thiophene rings is 1. The Kier molecular flexibility index (Phi) is 4.54. The smallest absolute Gasteiger partial charge is 0.187 e. The van der Waals surface area contributed by atoms with E-state index in [0.29, 0.717) is 6.61 Å². The number of nitrogens with zero attached hydrogens (tertiary/aromatic N) is 3. The SMILES string of the molecule is CC(=O)SC(c1cc2ncncc2s1)N1CCOC(C)C1. The largest absolute Gasteiger partial charge is 0.376 e. The zero-order valence-electron chi connectivity index (χ0n) is 12.0. The molecular formula is C14H17N3O2S2. The van der Waals surface area contributed by atoms with Gasteiger partial charge in [-0.3, -0.25) is 9.69 Å². The maximum absolute atomic E-state index is 11.6. The van der Waals surface area contributed by atoms with Gasteiger partial charge in [0.2, 0.25) is 0 Å². The van der Waals surface area contributed by atoms with Gasteiger partial charge in [0.05, 0.1) is 28.3 Å². The van der Waals surface area contributed by atoms with Gasteiger partial charge in [0, 0.05) is 31.1 Å². The van der Waals surface area contributed by atoms with Crippen LogP contribution >= 0.6 is 23.1 Å². The maximum Gasteiger partial charge on any atom is 0.187 e. The van der Waals surface area contributed by atoms with Crippen molar-refractivity contribution in [3.63, 3.8) is 0 Å². The van der Waals surface area contributed by atoms with E-state index in [1.807, 2.05) is 6.20 Å². The third-order valence-electron chi connectivity index (χ3n) is 3.34. The van der Waals surface area contributed by atoms with Crippen LogP contribution in [-0.4, -0.2) is 45.8 Å². The molecule has 1 fully saturated rings. The van der Waals surface area contributed by atoms with Gasteiger partial charge in [0.15, 0.2) is 5.12 Å². The standard InChI is InChI=1S/C14H17N3O2S2/c1-9-7-17(3-4-19-9)14(20-10(2)18)12-5-11-13(21-12)6-15-8-16-11/h5-6,8-9,14H,3-4,7H2,1-2H3. The van der Waals surface area contributed by atoms with Crippen LogP contribution in [-0.2, 0) is 9.53 Å². The Morgan fingerprint density at radius 2 is 2.48 bits per heavy atom. The van der Waals surface area contributed by atoms with Gasteiger partial charge >= 0.3 is 0 Å². The summed E-state index contributed by atoms with van der Waals surface area (Å²) in [6.07, 6.45) is 3.58. The van der Waals surface area contributed by atoms with Gasteiger partial charge in [0.1, 0.15) is 6.33 Å². The fourth-order valence-electron chi connectivity index (χ4n) is 2.45. The maximum atomic E-state index is 11.6. The molecule has 7 heteroatoms. The molecule has 1 saturated heterocycles. The zero-order valence-corrected chi connectivity index (χ0v) is 13.6. The van der Waals surface area contributed by atoms with Gasteiger partial charge in [-0.2, -0.15) is 0 Å². The molecular weight excluding hydrogens is 306 g/mol. The molecule has 0 bridgehead atoms. The number of hydrogen-bond acceptors (Lipinski definition) is 7. The van der Waals surface area contributed by atoms with Crippen LogP contribution in [0, 0.1) is 0 Å². The molecule has 2 atom stereocenters. The molecule has 0 amide bonds. The summed E-state index contributed by atoms with van der Waals surface area (Å²) in [7, 11) is 0. The van der Waals surface area contributed by atoms with Crippen molar-refractivity contribution >= 4 is 38.4 Å². The lowest BCUT2D eigenvalue weighted by atomic mass is 10.3. The Bertz CT molecular complexity index is 613. The molecule has 0 aliphatic carbocycles. The van der Waals surface area contributed by atoms with E-state index in [2.05, 4.69) is 27.9 Å². The fraction of sp³-hybridized carbons (Fsp3) is 0.500. The zero-order chi connectivity index (χ0) is 14.8. The first-order valence-corrected chi connectivity index (χ1v) is 8.55. The first-order chi connectivity index (χ1) is 10.1. The van der Waals surface area contributed by atoms with Crippen molar-refractivity contribution in [1.29, 1.82) is 0 Å². The van der Waals surface area contributed by atoms with Crippen LogP contribution in [0.25, 0.3) is 10.2 Å². The Balaban J connectivity index is 1.92. The van der Waals surface area contributed by atoms with E-state index in [1.165, 1.54) is 11.8 Å². The molecule has 1 aliphatic heterocycles. The van der Waals surface area contributed by atoms with Crippen molar-refractivity contribution in [1.82, 2.24) is 14.9 Å². The second-order valence-electron chi connectivity index (χ2n) is 5.06. The van der Waals surface area contributed by atoms with Crippen LogP contribution in [0.15, 0.2) is 18.6 Å². The van der Waals surface area contributed by atoms with Gasteiger partial charge in [-0.1, -0.05) is 11.8 Å². The van der Waals surface area contributed by atoms with Crippen LogP contribution in [0.1, 0.15) is 24.1 Å². The molecule has 2 aromatic rings. The number of thioether (sulfide) groups is 1. The van der Waals surface area contributed by atoms with E-state index in [-0.39, 0.29) is 16.6 Å². The molecule has 2 aromatic heterocycles. The number of carbonyl (C=O) groups excluding carboxylic acids is 1. The van der Waals surface area contributed by atoms with Crippen LogP contribution in [0.5, 0.6) is 0 Å². The lowest BCUT2D eigenvalue weighted by Gasteiger charge is -2.35. The van der Waals surface area contributed by atoms with Crippen molar-refractivity contribution < 1.29 is 9.53 Å². The summed E-state index contributed by atoms with van der Waals surface area (Å²) in [6.45, 7) is 6.08. The van der Waals surface area contributed by atoms with Crippen molar-refractivity contribution in [2.24, 2.45) is 0 Å². The van der Waals surface area contributed by atoms with Crippen molar-refractivity contribution in [3.8, 4) is 0 Å². The van der Waals surface area contributed by atoms with E-state index < -0.39 is 0 Å². The normalized spacial score (nSPS) is 21.5. The van der Waals surface area contributed by atoms with E-state index in [1.54, 1.807) is 24.6 Å². The molecule has 0 aromatic carbocycles. The second kappa shape index (κ2) is 6.39. The highest BCUT2D eigenvalue weighted by Gasteiger charge is 2.28. The molecule has 0 saturated carbocycles. The summed E-state index contributed by atoms with van der Waals surface area (Å²) < 4.78 is 6.66. The average molecular weight is 323 g/mol. The summed E-state index contributed by atoms with van der Waals surface area (Å²) in [6, 6.07) is 2.07. The molecule has 5 nitrogen and oxygen atoms in total. The average Bonchev–Trinajstić information content (AvgIpc) is 2.88. The summed E-state index contributed by atoms with van der Waals surface area (Å²) in [5, 5.41) is 0.163. The molecule has 2 unspecified atom stereocenters. The summed E-state index contributed by atoms with van der Waals surface area (Å²) in [5.41, 5.74) is 0.945. The number of ether oxygens (including phenoxy) is 1. The Morgan fingerprint density at radius 1 is 1.62 bits per heavy atom. The minimum Gasteiger partial charge on any atom is -0.376 e. The summed E-state index contributed by atoms with van der Waals surface area (Å²) in [4.78, 5) is 23.5. The fourth-order valence-corrected chi connectivity index (χ4v) is 4.59. The topological polar surface area (TPSA) is 55.3 Å². The van der Waals surface area contributed by atoms with Crippen LogP contribution in [0.4, 0.5) is 0 Å². The second-order valence-corrected chi connectivity index (χ2v) is 7.43. The van der Waals surface area contributed by atoms with E-state index in [0.717, 1.165) is 28.2 Å². The molecule has 3 heterocycles. The molecule has 0 spiro atoms. The van der Waals surface area contributed by atoms with E-state index >= 15 is 0 Å². The molecule has 21 heavy (non-hydrogen) atoms. The van der Waals surface area contributed by atoms with Gasteiger partial charge < -0.3 is 4.74 Å². The monoisotopic (exact) mass is 323 g/mol. The summed E-state index contributed by atoms with van der Waals surface area (Å²) >= 11 is 3.03. The van der Waals surface area contributed by atoms with E-state index in [4.69, 9.17) is 4.74 Å². The Hall–Kier alpha value is -1.02. The highest BCUT2D eigenvalue weighted by Crippen LogP contribution is 2.39. The lowest BCUT2D eigenvalue weighted by Crippen LogP contribution is -2.42. The van der Waals surface area contributed by atoms with Crippen molar-refractivity contribution in [2.75, 3.05) is 19.7 Å². The number of carbonyl (C=O) groups is 1. The Labute approximate surface area is 131 Å². The quantitative estimate of drug-likeness (QED) is 0.865. The Morgan fingerprint density at radius 3 is 3.19 bits per heavy atom. The predicted molar refractivity (Wildman–Crippen MR) is 85.4 cm³/mol. The first kappa shape index (κ1) is 14.9. The predicted octanol–water partition coefficient (Wildman–Crippen LogP) is 2.69. The van der Waals surface area contributed by atoms with Crippen molar-refractivity contribution in [3.05, 3.63) is 23.5 Å². The number of hydrogen-bond donors (Lipinski definition) is 0. The van der Waals surface area contributed by atoms with Crippen LogP contribution in [0.3, 0.4) is 0 Å². The number of aromatic nitrogens is 2. The molecule has 3 rings (SSSR count). The third kappa shape index (κ3) is 3.42. The number of rotatable bonds is 3. The molecule has 0 radical (unpaired) electrons. The highest BCUT2D eigenvalue weighted by atomic mass is 32.2. The highest BCUT2D eigenvalue weighted by molar-refractivity contribution is 8.13. The van der Waals surface area contributed by atoms with Crippen LogP contribution in [0.2, 0.25) is 0 Å². The number of morpholine rings is 1. The molecule has 1 aliphatic rings. The minimum atomic E-state index is 0.0352. The van der Waals surface area contributed by atoms with Gasteiger partial charge in [0.25, 0.3) is 0 Å². The lowest BCUT2D eigenvalue weighted by molar-refractivity contribution is -0.109. The van der Waals surface area contributed by atoms with Gasteiger partial charge in [-0.05, 0) is 13.0 Å². The van der Waals surface area contributed by atoms with Crippen LogP contribution < -0.4 is 0 Å². The van der Waals surface area contributed by atoms with Gasteiger partial charge in [-0.25, -0.2) is 9.97 Å². The van der Waals surface area contributed by atoms with Crippen molar-refractivity contribution in [2.45, 2.75) is 25.3 Å². The molecule has 0 N–H and O–H groups in total. The van der Waals surface area contributed by atoms with E-state index in [9.17, 15) is 4.79 Å².